The van der Waals surface area contributed by atoms with Crippen LogP contribution in [0.5, 0.6) is 0 Å². The number of hydrogen-bond donors (Lipinski definition) is 1. The molecular formula is C10H20N2O2S. The zero-order valence-corrected chi connectivity index (χ0v) is 10.1. The van der Waals surface area contributed by atoms with E-state index in [1.54, 1.807) is 7.05 Å². The lowest BCUT2D eigenvalue weighted by atomic mass is 10.1. The number of hydrogen-bond acceptors (Lipinski definition) is 4. The van der Waals surface area contributed by atoms with Crippen LogP contribution in [-0.4, -0.2) is 59.0 Å². The molecule has 0 unspecified atom stereocenters. The van der Waals surface area contributed by atoms with E-state index in [-0.39, 0.29) is 5.41 Å². The molecule has 1 heterocycles. The van der Waals surface area contributed by atoms with Gasteiger partial charge in [-0.15, -0.1) is 0 Å². The quantitative estimate of drug-likeness (QED) is 0.755. The van der Waals surface area contributed by atoms with Gasteiger partial charge in [-0.2, -0.15) is 0 Å². The maximum atomic E-state index is 11.9. The number of aliphatic hydroxyl groups excluding tert-OH is 1. The molecule has 0 aromatic carbocycles. The summed E-state index contributed by atoms with van der Waals surface area (Å²) in [5.41, 5.74) is 0.182. The molecule has 0 atom stereocenters. The van der Waals surface area contributed by atoms with Gasteiger partial charge < -0.3 is 10.0 Å². The fourth-order valence-electron chi connectivity index (χ4n) is 2.12. The van der Waals surface area contributed by atoms with Crippen molar-refractivity contribution in [3.8, 4) is 0 Å². The van der Waals surface area contributed by atoms with Crippen LogP contribution in [-0.2, 0) is 9.73 Å². The molecule has 5 heteroatoms. The molecule has 1 aliphatic carbocycles. The molecule has 1 aliphatic heterocycles. The lowest BCUT2D eigenvalue weighted by Gasteiger charge is -2.31. The van der Waals surface area contributed by atoms with E-state index in [1.165, 1.54) is 0 Å². The van der Waals surface area contributed by atoms with Crippen LogP contribution >= 0.6 is 0 Å². The summed E-state index contributed by atoms with van der Waals surface area (Å²) in [6.45, 7) is 3.02. The van der Waals surface area contributed by atoms with Gasteiger partial charge in [-0.25, -0.2) is 8.57 Å². The first-order chi connectivity index (χ1) is 7.11. The Bertz CT molecular complexity index is 329. The summed E-state index contributed by atoms with van der Waals surface area (Å²) in [6.07, 6.45) is 2.29. The van der Waals surface area contributed by atoms with Crippen LogP contribution in [0.4, 0.5) is 0 Å². The van der Waals surface area contributed by atoms with E-state index in [0.717, 1.165) is 32.5 Å². The second kappa shape index (κ2) is 4.03. The molecule has 1 saturated heterocycles. The van der Waals surface area contributed by atoms with Gasteiger partial charge in [0, 0.05) is 59.9 Å². The molecule has 0 spiro atoms. The van der Waals surface area contributed by atoms with Crippen molar-refractivity contribution in [2.24, 2.45) is 9.78 Å². The Kier molecular flexibility index (Phi) is 3.05. The molecule has 4 nitrogen and oxygen atoms in total. The smallest absolute Gasteiger partial charge is 0.0499 e. The molecule has 1 N–H and O–H groups in total. The van der Waals surface area contributed by atoms with Crippen molar-refractivity contribution in [3.63, 3.8) is 0 Å². The van der Waals surface area contributed by atoms with Gasteiger partial charge in [0.1, 0.15) is 0 Å². The molecule has 15 heavy (non-hydrogen) atoms. The molecule has 88 valence electrons. The normalized spacial score (nSPS) is 28.7. The van der Waals surface area contributed by atoms with Crippen LogP contribution in [0.25, 0.3) is 0 Å². The van der Waals surface area contributed by atoms with E-state index in [4.69, 9.17) is 0 Å². The minimum Gasteiger partial charge on any atom is -0.396 e. The van der Waals surface area contributed by atoms with Crippen molar-refractivity contribution < 1.29 is 9.32 Å². The third-order valence-electron chi connectivity index (χ3n) is 3.64. The molecule has 0 aromatic heterocycles. The summed E-state index contributed by atoms with van der Waals surface area (Å²) in [5.74, 6) is 1.40. The molecule has 0 bridgehead atoms. The zero-order valence-electron chi connectivity index (χ0n) is 9.31. The molecule has 2 rings (SSSR count). The van der Waals surface area contributed by atoms with Gasteiger partial charge in [0.15, 0.2) is 0 Å². The molecule has 1 saturated carbocycles. The summed E-state index contributed by atoms with van der Waals surface area (Å²) >= 11 is 0. The maximum Gasteiger partial charge on any atom is 0.0499 e. The lowest BCUT2D eigenvalue weighted by Crippen LogP contribution is -2.43. The van der Waals surface area contributed by atoms with Crippen LogP contribution in [0, 0.1) is 5.41 Å². The Labute approximate surface area is 91.8 Å². The Hall–Kier alpha value is -0.130. The van der Waals surface area contributed by atoms with Gasteiger partial charge in [0.05, 0.1) is 0 Å². The average Bonchev–Trinajstić information content (AvgIpc) is 3.03. The summed E-state index contributed by atoms with van der Waals surface area (Å²) in [6, 6.07) is 0. The number of nitrogens with zero attached hydrogens (tertiary/aromatic N) is 2. The van der Waals surface area contributed by atoms with Crippen LogP contribution in [0.15, 0.2) is 4.36 Å². The summed E-state index contributed by atoms with van der Waals surface area (Å²) in [5, 5.41) is 9.23. The van der Waals surface area contributed by atoms with E-state index in [1.807, 2.05) is 0 Å². The second-order valence-electron chi connectivity index (χ2n) is 4.80. The SMILES string of the molecule is CN=S1(=O)CCN(CC2(CO)CC2)CC1. The second-order valence-corrected chi connectivity index (χ2v) is 7.52. The largest absolute Gasteiger partial charge is 0.396 e. The van der Waals surface area contributed by atoms with Gasteiger partial charge in [-0.3, -0.25) is 0 Å². The topological polar surface area (TPSA) is 52.9 Å². The minimum atomic E-state index is -1.88. The summed E-state index contributed by atoms with van der Waals surface area (Å²) in [7, 11) is -0.221. The van der Waals surface area contributed by atoms with Crippen LogP contribution in [0.3, 0.4) is 0 Å². The van der Waals surface area contributed by atoms with E-state index < -0.39 is 9.73 Å². The van der Waals surface area contributed by atoms with E-state index in [2.05, 4.69) is 9.26 Å². The van der Waals surface area contributed by atoms with E-state index in [0.29, 0.717) is 18.1 Å². The first kappa shape index (κ1) is 11.4. The Balaban J connectivity index is 1.87. The van der Waals surface area contributed by atoms with Crippen molar-refractivity contribution >= 4 is 9.73 Å². The summed E-state index contributed by atoms with van der Waals surface area (Å²) in [4.78, 5) is 2.33. The highest BCUT2D eigenvalue weighted by molar-refractivity contribution is 7.93. The van der Waals surface area contributed by atoms with Crippen molar-refractivity contribution in [1.82, 2.24) is 4.90 Å². The maximum absolute atomic E-state index is 11.9. The molecular weight excluding hydrogens is 212 g/mol. The Morgan fingerprint density at radius 1 is 1.40 bits per heavy atom. The van der Waals surface area contributed by atoms with Gasteiger partial charge in [-0.1, -0.05) is 0 Å². The standard InChI is InChI=1S/C10H20N2O2S/c1-11-15(14)6-4-12(5-7-15)8-10(9-13)2-3-10/h13H,2-9H2,1H3. The third-order valence-corrected chi connectivity index (χ3v) is 5.94. The molecule has 0 radical (unpaired) electrons. The first-order valence-corrected chi connectivity index (χ1v) is 7.41. The van der Waals surface area contributed by atoms with Gasteiger partial charge in [-0.05, 0) is 12.8 Å². The monoisotopic (exact) mass is 232 g/mol. The van der Waals surface area contributed by atoms with Crippen molar-refractivity contribution in [2.45, 2.75) is 12.8 Å². The number of rotatable bonds is 3. The number of aliphatic hydroxyl groups is 1. The Morgan fingerprint density at radius 2 is 2.00 bits per heavy atom. The molecule has 0 aromatic rings. The van der Waals surface area contributed by atoms with Crippen LogP contribution < -0.4 is 0 Å². The lowest BCUT2D eigenvalue weighted by molar-refractivity contribution is 0.154. The first-order valence-electron chi connectivity index (χ1n) is 5.55. The Morgan fingerprint density at radius 3 is 2.40 bits per heavy atom. The van der Waals surface area contributed by atoms with Gasteiger partial charge >= 0.3 is 0 Å². The van der Waals surface area contributed by atoms with E-state index >= 15 is 0 Å². The fourth-order valence-corrected chi connectivity index (χ4v) is 3.77. The zero-order chi connectivity index (χ0) is 10.9. The van der Waals surface area contributed by atoms with Crippen LogP contribution in [0.1, 0.15) is 12.8 Å². The van der Waals surface area contributed by atoms with Crippen molar-refractivity contribution in [1.29, 1.82) is 0 Å². The highest BCUT2D eigenvalue weighted by Gasteiger charge is 2.43. The highest BCUT2D eigenvalue weighted by atomic mass is 32.2. The average molecular weight is 232 g/mol. The van der Waals surface area contributed by atoms with Gasteiger partial charge in [0.2, 0.25) is 0 Å². The summed E-state index contributed by atoms with van der Waals surface area (Å²) < 4.78 is 15.9. The third kappa shape index (κ3) is 2.52. The highest BCUT2D eigenvalue weighted by Crippen LogP contribution is 2.45. The predicted octanol–water partition coefficient (Wildman–Crippen LogP) is 0.172. The minimum absolute atomic E-state index is 0.182. The fraction of sp³-hybridized carbons (Fsp3) is 1.00. The molecule has 0 amide bonds. The van der Waals surface area contributed by atoms with Gasteiger partial charge in [0.25, 0.3) is 0 Å². The predicted molar refractivity (Wildman–Crippen MR) is 61.4 cm³/mol. The van der Waals surface area contributed by atoms with E-state index in [9.17, 15) is 9.32 Å². The molecule has 2 aliphatic rings. The molecule has 2 fully saturated rings. The van der Waals surface area contributed by atoms with Crippen molar-refractivity contribution in [2.75, 3.05) is 44.8 Å². The van der Waals surface area contributed by atoms with Crippen LogP contribution in [0.2, 0.25) is 0 Å². The van der Waals surface area contributed by atoms with Crippen molar-refractivity contribution in [3.05, 3.63) is 0 Å².